The van der Waals surface area contributed by atoms with Crippen LogP contribution in [0.3, 0.4) is 0 Å². The lowest BCUT2D eigenvalue weighted by Crippen LogP contribution is -2.21. The zero-order chi connectivity index (χ0) is 19.5. The number of alkyl halides is 3. The van der Waals surface area contributed by atoms with Crippen LogP contribution in [0.1, 0.15) is 12.5 Å². The monoisotopic (exact) mass is 431 g/mol. The first-order valence-corrected chi connectivity index (χ1v) is 8.47. The molecule has 5 nitrogen and oxygen atoms in total. The van der Waals surface area contributed by atoms with Gasteiger partial charge in [0, 0.05) is 6.61 Å². The summed E-state index contributed by atoms with van der Waals surface area (Å²) in [6.45, 7) is 1.67. The van der Waals surface area contributed by atoms with Crippen LogP contribution in [0.25, 0.3) is 5.69 Å². The van der Waals surface area contributed by atoms with Crippen molar-refractivity contribution < 1.29 is 26.6 Å². The summed E-state index contributed by atoms with van der Waals surface area (Å²) in [4.78, 5) is 11.8. The van der Waals surface area contributed by atoms with E-state index in [9.17, 15) is 21.9 Å². The zero-order valence-corrected chi connectivity index (χ0v) is 15.4. The topological polar surface area (TPSA) is 56.1 Å². The van der Waals surface area contributed by atoms with Gasteiger partial charge in [-0.2, -0.15) is 22.2 Å². The minimum atomic E-state index is -4.65. The van der Waals surface area contributed by atoms with Crippen LogP contribution in [0.5, 0.6) is 0 Å². The second kappa shape index (κ2) is 8.47. The number of ether oxygens (including phenoxy) is 1. The smallest absolute Gasteiger partial charge is 0.372 e. The van der Waals surface area contributed by atoms with E-state index in [1.165, 1.54) is 0 Å². The molecular weight excluding hydrogens is 421 g/mol. The van der Waals surface area contributed by atoms with Crippen LogP contribution < -0.4 is 5.32 Å². The molecule has 1 aromatic heterocycles. The number of halogens is 6. The van der Waals surface area contributed by atoms with Crippen LogP contribution in [0.4, 0.5) is 22.9 Å². The molecule has 1 N–H and O–H groups in total. The van der Waals surface area contributed by atoms with Crippen molar-refractivity contribution in [3.63, 3.8) is 0 Å². The number of carbonyl (C=O) groups is 1. The lowest BCUT2D eigenvalue weighted by atomic mass is 10.2. The summed E-state index contributed by atoms with van der Waals surface area (Å²) in [5, 5.41) is 5.49. The van der Waals surface area contributed by atoms with Gasteiger partial charge in [-0.05, 0) is 19.1 Å². The molecule has 0 atom stereocenters. The molecule has 12 heteroatoms. The Balaban J connectivity index is 2.49. The number of amides is 1. The molecule has 1 heterocycles. The van der Waals surface area contributed by atoms with Crippen molar-refractivity contribution >= 4 is 47.1 Å². The lowest BCUT2D eigenvalue weighted by molar-refractivity contribution is -0.137. The molecule has 0 spiro atoms. The molecule has 0 bridgehead atoms. The Labute approximate surface area is 159 Å². The van der Waals surface area contributed by atoms with E-state index in [1.807, 2.05) is 0 Å². The van der Waals surface area contributed by atoms with Crippen molar-refractivity contribution in [2.24, 2.45) is 0 Å². The Bertz CT molecular complexity index is 791. The fourth-order valence-corrected chi connectivity index (χ4v) is 2.91. The molecule has 0 aliphatic carbocycles. The van der Waals surface area contributed by atoms with E-state index >= 15 is 0 Å². The lowest BCUT2D eigenvalue weighted by Gasteiger charge is -2.15. The first kappa shape index (κ1) is 20.8. The molecule has 2 aromatic rings. The van der Waals surface area contributed by atoms with Crippen LogP contribution >= 0.6 is 35.3 Å². The summed E-state index contributed by atoms with van der Waals surface area (Å²) >= 11 is 11.7. The van der Waals surface area contributed by atoms with Gasteiger partial charge in [-0.1, -0.05) is 23.2 Å². The molecular formula is C14H11Cl2F4N3O2S. The highest BCUT2D eigenvalue weighted by Gasteiger charge is 2.32. The predicted molar refractivity (Wildman–Crippen MR) is 90.7 cm³/mol. The first-order valence-electron chi connectivity index (χ1n) is 6.99. The summed E-state index contributed by atoms with van der Waals surface area (Å²) in [6, 6.07) is 1.33. The molecule has 1 amide bonds. The van der Waals surface area contributed by atoms with Gasteiger partial charge in [-0.3, -0.25) is 4.79 Å². The fourth-order valence-electron chi connectivity index (χ4n) is 1.97. The third-order valence-electron chi connectivity index (χ3n) is 3.07. The third kappa shape index (κ3) is 4.61. The number of hydrogen-bond donors (Lipinski definition) is 1. The third-order valence-corrected chi connectivity index (χ3v) is 4.11. The Morgan fingerprint density at radius 2 is 1.96 bits per heavy atom. The van der Waals surface area contributed by atoms with E-state index in [2.05, 4.69) is 10.4 Å². The van der Waals surface area contributed by atoms with Crippen LogP contribution in [-0.2, 0) is 15.7 Å². The maximum absolute atomic E-state index is 13.1. The first-order chi connectivity index (χ1) is 12.2. The van der Waals surface area contributed by atoms with E-state index in [4.69, 9.17) is 27.9 Å². The highest BCUT2D eigenvalue weighted by molar-refractivity contribution is 7.94. The molecule has 0 saturated carbocycles. The number of nitrogens with zero attached hydrogens (tertiary/aromatic N) is 2. The average Bonchev–Trinajstić information content (AvgIpc) is 2.94. The number of anilines is 1. The van der Waals surface area contributed by atoms with Gasteiger partial charge >= 0.3 is 6.18 Å². The number of hydrogen-bond acceptors (Lipinski definition) is 4. The SMILES string of the molecule is CCOCC(=O)Nc1c(SF)cnn1-c1c(Cl)cc(C(F)(F)F)cc1Cl. The van der Waals surface area contributed by atoms with Gasteiger partial charge in [0.2, 0.25) is 0 Å². The Morgan fingerprint density at radius 3 is 2.46 bits per heavy atom. The summed E-state index contributed by atoms with van der Waals surface area (Å²) in [7, 11) is 0. The summed E-state index contributed by atoms with van der Waals surface area (Å²) in [6.07, 6.45) is -3.57. The maximum atomic E-state index is 13.1. The van der Waals surface area contributed by atoms with Crippen molar-refractivity contribution in [1.29, 1.82) is 0 Å². The molecule has 0 radical (unpaired) electrons. The number of rotatable bonds is 6. The van der Waals surface area contributed by atoms with Gasteiger partial charge in [0.15, 0.2) is 5.82 Å². The molecule has 0 aliphatic heterocycles. The van der Waals surface area contributed by atoms with Gasteiger partial charge in [-0.25, -0.2) is 4.68 Å². The van der Waals surface area contributed by atoms with Crippen molar-refractivity contribution in [3.8, 4) is 5.69 Å². The van der Waals surface area contributed by atoms with Gasteiger partial charge in [0.25, 0.3) is 5.91 Å². The van der Waals surface area contributed by atoms with Crippen molar-refractivity contribution in [2.45, 2.75) is 18.0 Å². The Hall–Kier alpha value is -1.49. The Morgan fingerprint density at radius 1 is 1.35 bits per heavy atom. The van der Waals surface area contributed by atoms with Gasteiger partial charge in [0.1, 0.15) is 17.2 Å². The molecule has 0 saturated heterocycles. The number of benzene rings is 1. The highest BCUT2D eigenvalue weighted by Crippen LogP contribution is 2.39. The maximum Gasteiger partial charge on any atom is 0.416 e. The normalized spacial score (nSPS) is 11.7. The van der Waals surface area contributed by atoms with Gasteiger partial charge < -0.3 is 10.1 Å². The number of nitrogens with one attached hydrogen (secondary N) is 1. The standard InChI is InChI=1S/C14H11Cl2F4N3O2S/c1-2-25-6-11(24)22-13-10(26-20)5-21-23(13)12-8(15)3-7(4-9(12)16)14(17,18)19/h3-5H,2,6H2,1H3,(H,22,24). The van der Waals surface area contributed by atoms with E-state index in [1.54, 1.807) is 6.92 Å². The molecule has 2 rings (SSSR count). The van der Waals surface area contributed by atoms with Crippen LogP contribution in [0, 0.1) is 0 Å². The fraction of sp³-hybridized carbons (Fsp3) is 0.286. The average molecular weight is 432 g/mol. The molecule has 1 aromatic carbocycles. The van der Waals surface area contributed by atoms with Crippen LogP contribution in [-0.4, -0.2) is 28.9 Å². The number of carbonyl (C=O) groups excluding carboxylic acids is 1. The van der Waals surface area contributed by atoms with E-state index in [-0.39, 0.29) is 51.8 Å². The van der Waals surface area contributed by atoms with E-state index in [0.717, 1.165) is 10.9 Å². The molecule has 0 fully saturated rings. The molecule has 26 heavy (non-hydrogen) atoms. The number of aromatic nitrogens is 2. The predicted octanol–water partition coefficient (Wildman–Crippen LogP) is 5.15. The highest BCUT2D eigenvalue weighted by atomic mass is 35.5. The van der Waals surface area contributed by atoms with E-state index < -0.39 is 17.6 Å². The van der Waals surface area contributed by atoms with Crippen LogP contribution in [0.2, 0.25) is 10.0 Å². The Kier molecular flexibility index (Phi) is 6.78. The van der Waals surface area contributed by atoms with Crippen molar-refractivity contribution in [2.75, 3.05) is 18.5 Å². The second-order valence-electron chi connectivity index (χ2n) is 4.82. The summed E-state index contributed by atoms with van der Waals surface area (Å²) in [5.41, 5.74) is -1.18. The van der Waals surface area contributed by atoms with Gasteiger partial charge in [-0.15, -0.1) is 0 Å². The van der Waals surface area contributed by atoms with Crippen molar-refractivity contribution in [1.82, 2.24) is 9.78 Å². The minimum absolute atomic E-state index is 0.0816. The molecule has 0 unspecified atom stereocenters. The van der Waals surface area contributed by atoms with Crippen LogP contribution in [0.15, 0.2) is 23.2 Å². The molecule has 0 aliphatic rings. The molecule has 142 valence electrons. The quantitative estimate of drug-likeness (QED) is 0.642. The van der Waals surface area contributed by atoms with Gasteiger partial charge in [0.05, 0.1) is 34.0 Å². The largest absolute Gasteiger partial charge is 0.416 e. The van der Waals surface area contributed by atoms with Crippen molar-refractivity contribution in [3.05, 3.63) is 33.9 Å². The zero-order valence-electron chi connectivity index (χ0n) is 13.0. The summed E-state index contributed by atoms with van der Waals surface area (Å²) < 4.78 is 57.5. The second-order valence-corrected chi connectivity index (χ2v) is 6.23. The minimum Gasteiger partial charge on any atom is -0.372 e. The van der Waals surface area contributed by atoms with E-state index in [0.29, 0.717) is 12.1 Å². The summed E-state index contributed by atoms with van der Waals surface area (Å²) in [5.74, 6) is -0.742.